The van der Waals surface area contributed by atoms with Gasteiger partial charge in [0.05, 0.1) is 23.3 Å². The minimum absolute atomic E-state index is 0.0216. The molecule has 1 unspecified atom stereocenters. The second-order valence-electron chi connectivity index (χ2n) is 6.31. The van der Waals surface area contributed by atoms with Crippen molar-refractivity contribution in [1.82, 2.24) is 4.98 Å². The summed E-state index contributed by atoms with van der Waals surface area (Å²) in [5, 5.41) is 2.63. The van der Waals surface area contributed by atoms with Crippen molar-refractivity contribution >= 4 is 34.2 Å². The molecule has 0 aliphatic carbocycles. The fraction of sp³-hybridized carbons (Fsp3) is 0.100. The standard InChI is InChI=1S/C20H18F2N4O3S/c1-12(27)25-16-6-15(10-24-11-16)13-2-3-14(9-23)20(7-13)26(30(28)29)17-4-5-18(21)19(22)8-17/h2-8,10-11H,9,23H2,1H3,(H,25,27)(H,28,29). The highest BCUT2D eigenvalue weighted by Crippen LogP contribution is 2.34. The topological polar surface area (TPSA) is 109 Å². The van der Waals surface area contributed by atoms with Crippen LogP contribution in [0.3, 0.4) is 0 Å². The molecule has 4 N–H and O–H groups in total. The van der Waals surface area contributed by atoms with E-state index in [0.717, 1.165) is 16.4 Å². The fourth-order valence-corrected chi connectivity index (χ4v) is 3.53. The number of hydrogen-bond donors (Lipinski definition) is 3. The number of amides is 1. The molecule has 1 atom stereocenters. The van der Waals surface area contributed by atoms with Gasteiger partial charge in [-0.25, -0.2) is 17.3 Å². The second kappa shape index (κ2) is 9.08. The van der Waals surface area contributed by atoms with E-state index in [1.165, 1.54) is 19.2 Å². The van der Waals surface area contributed by atoms with Gasteiger partial charge in [0.1, 0.15) is 0 Å². The van der Waals surface area contributed by atoms with E-state index in [-0.39, 0.29) is 23.8 Å². The summed E-state index contributed by atoms with van der Waals surface area (Å²) in [7, 11) is 0. The maximum Gasteiger partial charge on any atom is 0.266 e. The summed E-state index contributed by atoms with van der Waals surface area (Å²) >= 11 is -2.59. The smallest absolute Gasteiger partial charge is 0.266 e. The zero-order chi connectivity index (χ0) is 21.8. The predicted molar refractivity (Wildman–Crippen MR) is 111 cm³/mol. The number of nitrogens with zero attached hydrogens (tertiary/aromatic N) is 2. The van der Waals surface area contributed by atoms with Gasteiger partial charge in [0.15, 0.2) is 11.6 Å². The van der Waals surface area contributed by atoms with Crippen molar-refractivity contribution in [3.8, 4) is 11.1 Å². The highest BCUT2D eigenvalue weighted by molar-refractivity contribution is 7.81. The molecule has 156 valence electrons. The molecular formula is C20H18F2N4O3S. The highest BCUT2D eigenvalue weighted by atomic mass is 32.2. The number of benzene rings is 2. The molecule has 0 spiro atoms. The van der Waals surface area contributed by atoms with Crippen molar-refractivity contribution in [2.24, 2.45) is 5.73 Å². The Bertz CT molecular complexity index is 1130. The van der Waals surface area contributed by atoms with Gasteiger partial charge in [-0.15, -0.1) is 0 Å². The molecule has 2 aromatic carbocycles. The van der Waals surface area contributed by atoms with E-state index >= 15 is 0 Å². The summed E-state index contributed by atoms with van der Waals surface area (Å²) in [6.45, 7) is 1.41. The van der Waals surface area contributed by atoms with Crippen LogP contribution in [0.1, 0.15) is 12.5 Å². The summed E-state index contributed by atoms with van der Waals surface area (Å²) in [6.07, 6.45) is 3.04. The number of pyridine rings is 1. The lowest BCUT2D eigenvalue weighted by molar-refractivity contribution is -0.114. The van der Waals surface area contributed by atoms with Crippen LogP contribution in [-0.2, 0) is 22.6 Å². The molecule has 0 aliphatic rings. The van der Waals surface area contributed by atoms with E-state index in [2.05, 4.69) is 10.3 Å². The van der Waals surface area contributed by atoms with Crippen molar-refractivity contribution in [3.63, 3.8) is 0 Å². The average Bonchev–Trinajstić information content (AvgIpc) is 2.70. The minimum Gasteiger partial charge on any atom is -0.326 e. The summed E-state index contributed by atoms with van der Waals surface area (Å²) in [6, 6.07) is 9.57. The number of nitrogens with two attached hydrogens (primary N) is 1. The molecule has 0 aliphatic heterocycles. The van der Waals surface area contributed by atoms with Crippen molar-refractivity contribution in [2.45, 2.75) is 13.5 Å². The van der Waals surface area contributed by atoms with Gasteiger partial charge in [0.2, 0.25) is 5.91 Å². The quantitative estimate of drug-likeness (QED) is 0.515. The predicted octanol–water partition coefficient (Wildman–Crippen LogP) is 3.72. The number of aromatic nitrogens is 1. The van der Waals surface area contributed by atoms with Crippen LogP contribution >= 0.6 is 0 Å². The normalized spacial score (nSPS) is 11.8. The largest absolute Gasteiger partial charge is 0.326 e. The van der Waals surface area contributed by atoms with Gasteiger partial charge in [-0.1, -0.05) is 12.1 Å². The first-order valence-corrected chi connectivity index (χ1v) is 9.78. The van der Waals surface area contributed by atoms with Gasteiger partial charge < -0.3 is 11.1 Å². The number of carbonyl (C=O) groups is 1. The number of rotatable bonds is 6. The van der Waals surface area contributed by atoms with Gasteiger partial charge in [-0.05, 0) is 35.4 Å². The lowest BCUT2D eigenvalue weighted by atomic mass is 10.0. The van der Waals surface area contributed by atoms with Crippen LogP contribution in [0.15, 0.2) is 54.9 Å². The Labute approximate surface area is 174 Å². The molecule has 0 saturated heterocycles. The monoisotopic (exact) mass is 432 g/mol. The van der Waals surface area contributed by atoms with E-state index in [9.17, 15) is 22.3 Å². The molecule has 0 saturated carbocycles. The highest BCUT2D eigenvalue weighted by Gasteiger charge is 2.21. The SMILES string of the molecule is CC(=O)Nc1cncc(-c2ccc(CN)c(N(c3ccc(F)c(F)c3)S(=O)O)c2)c1. The van der Waals surface area contributed by atoms with Crippen molar-refractivity contribution < 1.29 is 22.3 Å². The van der Waals surface area contributed by atoms with E-state index in [0.29, 0.717) is 22.4 Å². The third kappa shape index (κ3) is 4.67. The summed E-state index contributed by atoms with van der Waals surface area (Å²) in [4.78, 5) is 15.4. The van der Waals surface area contributed by atoms with Crippen molar-refractivity contribution in [2.75, 3.05) is 9.62 Å². The summed E-state index contributed by atoms with van der Waals surface area (Å²) in [5.41, 5.74) is 8.23. The van der Waals surface area contributed by atoms with E-state index < -0.39 is 22.9 Å². The van der Waals surface area contributed by atoms with E-state index in [1.807, 2.05) is 0 Å². The van der Waals surface area contributed by atoms with Crippen LogP contribution in [0.2, 0.25) is 0 Å². The second-order valence-corrected chi connectivity index (χ2v) is 7.14. The Balaban J connectivity index is 2.12. The van der Waals surface area contributed by atoms with E-state index in [1.54, 1.807) is 30.5 Å². The van der Waals surface area contributed by atoms with E-state index in [4.69, 9.17) is 5.73 Å². The number of anilines is 3. The molecule has 30 heavy (non-hydrogen) atoms. The van der Waals surface area contributed by atoms with Crippen LogP contribution in [-0.4, -0.2) is 19.7 Å². The molecule has 3 aromatic rings. The Hall–Kier alpha value is -3.21. The molecule has 10 heteroatoms. The maximum atomic E-state index is 13.7. The number of halogens is 2. The van der Waals surface area contributed by atoms with Gasteiger partial charge in [-0.3, -0.25) is 14.3 Å². The Morgan fingerprint density at radius 3 is 2.53 bits per heavy atom. The molecule has 1 heterocycles. The van der Waals surface area contributed by atoms with Gasteiger partial charge in [0, 0.05) is 31.3 Å². The van der Waals surface area contributed by atoms with Crippen LogP contribution in [0.25, 0.3) is 11.1 Å². The Kier molecular flexibility index (Phi) is 6.50. The molecule has 0 radical (unpaired) electrons. The van der Waals surface area contributed by atoms with Gasteiger partial charge in [0.25, 0.3) is 11.3 Å². The number of carbonyl (C=O) groups excluding carboxylic acids is 1. The molecule has 1 amide bonds. The molecular weight excluding hydrogens is 414 g/mol. The third-order valence-electron chi connectivity index (χ3n) is 4.21. The molecule has 1 aromatic heterocycles. The summed E-state index contributed by atoms with van der Waals surface area (Å²) < 4.78 is 50.0. The lowest BCUT2D eigenvalue weighted by Crippen LogP contribution is -2.21. The van der Waals surface area contributed by atoms with Crippen LogP contribution in [0, 0.1) is 11.6 Å². The van der Waals surface area contributed by atoms with Gasteiger partial charge in [-0.2, -0.15) is 0 Å². The third-order valence-corrected chi connectivity index (χ3v) is 4.93. The molecule has 3 rings (SSSR count). The van der Waals surface area contributed by atoms with Crippen LogP contribution < -0.4 is 15.4 Å². The maximum absolute atomic E-state index is 13.7. The van der Waals surface area contributed by atoms with Gasteiger partial charge >= 0.3 is 0 Å². The van der Waals surface area contributed by atoms with Crippen LogP contribution in [0.4, 0.5) is 25.8 Å². The average molecular weight is 432 g/mol. The first kappa shape index (κ1) is 21.5. The van der Waals surface area contributed by atoms with Crippen molar-refractivity contribution in [3.05, 3.63) is 72.1 Å². The molecule has 7 nitrogen and oxygen atoms in total. The first-order valence-electron chi connectivity index (χ1n) is 8.72. The number of hydrogen-bond acceptors (Lipinski definition) is 4. The zero-order valence-corrected chi connectivity index (χ0v) is 16.6. The Morgan fingerprint density at radius 1 is 1.13 bits per heavy atom. The Morgan fingerprint density at radius 2 is 1.90 bits per heavy atom. The lowest BCUT2D eigenvalue weighted by Gasteiger charge is -2.23. The first-order chi connectivity index (χ1) is 14.3. The molecule has 0 fully saturated rings. The van der Waals surface area contributed by atoms with Crippen molar-refractivity contribution in [1.29, 1.82) is 0 Å². The minimum atomic E-state index is -2.59. The number of nitrogens with one attached hydrogen (secondary N) is 1. The summed E-state index contributed by atoms with van der Waals surface area (Å²) in [5.74, 6) is -2.48. The molecule has 0 bridgehead atoms. The zero-order valence-electron chi connectivity index (χ0n) is 15.8. The van der Waals surface area contributed by atoms with Crippen LogP contribution in [0.5, 0.6) is 0 Å². The fourth-order valence-electron chi connectivity index (χ4n) is 2.90.